The Morgan fingerprint density at radius 1 is 1.12 bits per heavy atom. The van der Waals surface area contributed by atoms with E-state index in [1.807, 2.05) is 37.3 Å². The highest BCUT2D eigenvalue weighted by Crippen LogP contribution is 2.39. The maximum Gasteiger partial charge on any atom is 0.409 e. The van der Waals surface area contributed by atoms with Crippen molar-refractivity contribution < 1.29 is 23.5 Å². The van der Waals surface area contributed by atoms with Crippen molar-refractivity contribution in [2.45, 2.75) is 38.5 Å². The minimum absolute atomic E-state index is 0.247. The first kappa shape index (κ1) is 22.2. The highest BCUT2D eigenvalue weighted by atomic mass is 32.2. The second-order valence-corrected chi connectivity index (χ2v) is 8.82. The standard InChI is InChI=1S/C24H26N2O5S/c1-3-30-24(29)25-12-10-18(11-13-25)26-22(27)20(17-8-6-16(2)7-9-17)21(23(26)28)32-15-19-5-4-14-31-19/h4-9,14,18H,3,10-13,15H2,1-2H3. The number of likely N-dealkylation sites (tertiary alicyclic amines) is 1. The molecule has 32 heavy (non-hydrogen) atoms. The maximum absolute atomic E-state index is 13.5. The van der Waals surface area contributed by atoms with Crippen LogP contribution in [0.4, 0.5) is 4.79 Å². The van der Waals surface area contributed by atoms with E-state index in [1.54, 1.807) is 24.2 Å². The third kappa shape index (κ3) is 4.46. The zero-order chi connectivity index (χ0) is 22.7. The Labute approximate surface area is 191 Å². The highest BCUT2D eigenvalue weighted by molar-refractivity contribution is 8.03. The molecular formula is C24H26N2O5S. The number of piperidine rings is 1. The van der Waals surface area contributed by atoms with Crippen LogP contribution in [0.2, 0.25) is 0 Å². The fraction of sp³-hybridized carbons (Fsp3) is 0.375. The predicted molar refractivity (Wildman–Crippen MR) is 122 cm³/mol. The van der Waals surface area contributed by atoms with Gasteiger partial charge in [-0.25, -0.2) is 4.79 Å². The average molecular weight is 455 g/mol. The van der Waals surface area contributed by atoms with Gasteiger partial charge in [0.15, 0.2) is 0 Å². The van der Waals surface area contributed by atoms with Crippen LogP contribution in [0.25, 0.3) is 5.57 Å². The van der Waals surface area contributed by atoms with Gasteiger partial charge in [-0.2, -0.15) is 0 Å². The number of aryl methyl sites for hydroxylation is 1. The van der Waals surface area contributed by atoms with E-state index in [9.17, 15) is 14.4 Å². The summed E-state index contributed by atoms with van der Waals surface area (Å²) in [5, 5.41) is 0. The van der Waals surface area contributed by atoms with Crippen molar-refractivity contribution in [3.05, 3.63) is 64.5 Å². The number of hydrogen-bond acceptors (Lipinski definition) is 6. The SMILES string of the molecule is CCOC(=O)N1CCC(N2C(=O)C(SCc3ccco3)=C(c3ccc(C)cc3)C2=O)CC1. The van der Waals surface area contributed by atoms with E-state index in [1.165, 1.54) is 16.7 Å². The van der Waals surface area contributed by atoms with Gasteiger partial charge in [0.1, 0.15) is 5.76 Å². The van der Waals surface area contributed by atoms with E-state index in [-0.39, 0.29) is 23.9 Å². The summed E-state index contributed by atoms with van der Waals surface area (Å²) >= 11 is 1.33. The number of thioether (sulfide) groups is 1. The van der Waals surface area contributed by atoms with Crippen molar-refractivity contribution in [2.24, 2.45) is 0 Å². The molecule has 1 aromatic carbocycles. The lowest BCUT2D eigenvalue weighted by atomic mass is 10.0. The fourth-order valence-electron chi connectivity index (χ4n) is 4.03. The monoisotopic (exact) mass is 454 g/mol. The lowest BCUT2D eigenvalue weighted by Crippen LogP contribution is -2.49. The number of furan rings is 1. The number of rotatable bonds is 6. The van der Waals surface area contributed by atoms with Crippen molar-refractivity contribution in [1.82, 2.24) is 9.80 Å². The lowest BCUT2D eigenvalue weighted by molar-refractivity contribution is -0.140. The minimum Gasteiger partial charge on any atom is -0.468 e. The number of carbonyl (C=O) groups excluding carboxylic acids is 3. The molecule has 0 unspecified atom stereocenters. The summed E-state index contributed by atoms with van der Waals surface area (Å²) in [7, 11) is 0. The number of nitrogens with zero attached hydrogens (tertiary/aromatic N) is 2. The van der Waals surface area contributed by atoms with Gasteiger partial charge >= 0.3 is 6.09 Å². The first-order chi connectivity index (χ1) is 15.5. The van der Waals surface area contributed by atoms with Gasteiger partial charge in [0.25, 0.3) is 11.8 Å². The lowest BCUT2D eigenvalue weighted by Gasteiger charge is -2.35. The molecule has 0 bridgehead atoms. The molecule has 168 valence electrons. The molecular weight excluding hydrogens is 428 g/mol. The first-order valence-electron chi connectivity index (χ1n) is 10.8. The Kier molecular flexibility index (Phi) is 6.69. The van der Waals surface area contributed by atoms with Gasteiger partial charge in [-0.3, -0.25) is 14.5 Å². The number of hydrogen-bond donors (Lipinski definition) is 0. The van der Waals surface area contributed by atoms with Crippen LogP contribution in [0.5, 0.6) is 0 Å². The summed E-state index contributed by atoms with van der Waals surface area (Å²) < 4.78 is 10.5. The normalized spacial score (nSPS) is 17.4. The highest BCUT2D eigenvalue weighted by Gasteiger charge is 2.44. The van der Waals surface area contributed by atoms with Gasteiger partial charge in [-0.15, -0.1) is 11.8 Å². The molecule has 2 aliphatic heterocycles. The van der Waals surface area contributed by atoms with E-state index < -0.39 is 0 Å². The number of amides is 3. The van der Waals surface area contributed by atoms with Crippen molar-refractivity contribution in [3.63, 3.8) is 0 Å². The summed E-state index contributed by atoms with van der Waals surface area (Å²) in [4.78, 5) is 42.4. The smallest absolute Gasteiger partial charge is 0.409 e. The van der Waals surface area contributed by atoms with Crippen LogP contribution >= 0.6 is 11.8 Å². The van der Waals surface area contributed by atoms with Gasteiger partial charge in [0.05, 0.1) is 29.1 Å². The number of carbonyl (C=O) groups is 3. The largest absolute Gasteiger partial charge is 0.468 e. The van der Waals surface area contributed by atoms with Crippen molar-refractivity contribution in [1.29, 1.82) is 0 Å². The number of imide groups is 1. The summed E-state index contributed by atoms with van der Waals surface area (Å²) in [6.45, 7) is 4.98. The molecule has 0 radical (unpaired) electrons. The Bertz CT molecular complexity index is 1020. The predicted octanol–water partition coefficient (Wildman–Crippen LogP) is 4.22. The van der Waals surface area contributed by atoms with Crippen molar-refractivity contribution in [3.8, 4) is 0 Å². The van der Waals surface area contributed by atoms with E-state index in [0.29, 0.717) is 48.8 Å². The Morgan fingerprint density at radius 2 is 1.84 bits per heavy atom. The van der Waals surface area contributed by atoms with Gasteiger partial charge in [0, 0.05) is 19.1 Å². The first-order valence-corrected chi connectivity index (χ1v) is 11.7. The molecule has 8 heteroatoms. The summed E-state index contributed by atoms with van der Waals surface area (Å²) in [5.41, 5.74) is 2.26. The van der Waals surface area contributed by atoms with Gasteiger partial charge < -0.3 is 14.1 Å². The van der Waals surface area contributed by atoms with Crippen LogP contribution in [0.3, 0.4) is 0 Å². The van der Waals surface area contributed by atoms with Crippen molar-refractivity contribution in [2.75, 3.05) is 19.7 Å². The topological polar surface area (TPSA) is 80.1 Å². The number of benzene rings is 1. The minimum atomic E-state index is -0.349. The Morgan fingerprint density at radius 3 is 2.47 bits per heavy atom. The quantitative estimate of drug-likeness (QED) is 0.608. The second-order valence-electron chi connectivity index (χ2n) is 7.84. The van der Waals surface area contributed by atoms with Gasteiger partial charge in [-0.05, 0) is 44.4 Å². The van der Waals surface area contributed by atoms with E-state index in [4.69, 9.17) is 9.15 Å². The summed E-state index contributed by atoms with van der Waals surface area (Å²) in [6.07, 6.45) is 2.32. The zero-order valence-corrected chi connectivity index (χ0v) is 19.0. The molecule has 1 fully saturated rings. The molecule has 2 aliphatic rings. The second kappa shape index (κ2) is 9.65. The van der Waals surface area contributed by atoms with Crippen LogP contribution in [-0.4, -0.2) is 53.4 Å². The fourth-order valence-corrected chi connectivity index (χ4v) is 5.05. The average Bonchev–Trinajstić information content (AvgIpc) is 3.39. The molecule has 0 spiro atoms. The van der Waals surface area contributed by atoms with Gasteiger partial charge in [-0.1, -0.05) is 29.8 Å². The molecule has 0 aliphatic carbocycles. The number of ether oxygens (including phenoxy) is 1. The molecule has 4 rings (SSSR count). The molecule has 0 N–H and O–H groups in total. The molecule has 3 heterocycles. The van der Waals surface area contributed by atoms with Gasteiger partial charge in [0.2, 0.25) is 0 Å². The Balaban J connectivity index is 1.56. The summed E-state index contributed by atoms with van der Waals surface area (Å²) in [6, 6.07) is 11.1. The molecule has 0 saturated carbocycles. The Hall–Kier alpha value is -3.00. The van der Waals surface area contributed by atoms with Crippen LogP contribution in [0.15, 0.2) is 52.0 Å². The van der Waals surface area contributed by atoms with E-state index in [0.717, 1.165) is 16.9 Å². The van der Waals surface area contributed by atoms with Crippen LogP contribution in [0.1, 0.15) is 36.7 Å². The zero-order valence-electron chi connectivity index (χ0n) is 18.2. The van der Waals surface area contributed by atoms with Crippen molar-refractivity contribution >= 4 is 35.2 Å². The van der Waals surface area contributed by atoms with Crippen LogP contribution in [-0.2, 0) is 20.1 Å². The molecule has 7 nitrogen and oxygen atoms in total. The molecule has 2 aromatic rings. The maximum atomic E-state index is 13.5. The third-order valence-corrected chi connectivity index (χ3v) is 6.80. The molecule has 1 saturated heterocycles. The third-order valence-electron chi connectivity index (χ3n) is 5.71. The summed E-state index contributed by atoms with van der Waals surface area (Å²) in [5.74, 6) is 0.672. The van der Waals surface area contributed by atoms with Crippen LogP contribution < -0.4 is 0 Å². The van der Waals surface area contributed by atoms with Crippen LogP contribution in [0, 0.1) is 6.92 Å². The van der Waals surface area contributed by atoms with E-state index in [2.05, 4.69) is 0 Å². The molecule has 1 aromatic heterocycles. The molecule has 0 atom stereocenters. The molecule has 3 amide bonds. The van der Waals surface area contributed by atoms with E-state index >= 15 is 0 Å².